The molecular weight excluding hydrogens is 332 g/mol. The van der Waals surface area contributed by atoms with Crippen molar-refractivity contribution in [2.45, 2.75) is 26.9 Å². The van der Waals surface area contributed by atoms with Gasteiger partial charge in [-0.05, 0) is 61.9 Å². The first-order valence-electron chi connectivity index (χ1n) is 8.63. The lowest BCUT2D eigenvalue weighted by Crippen LogP contribution is -2.26. The summed E-state index contributed by atoms with van der Waals surface area (Å²) in [5.74, 6) is 1.37. The van der Waals surface area contributed by atoms with Crippen LogP contribution in [0.3, 0.4) is 0 Å². The van der Waals surface area contributed by atoms with Crippen LogP contribution in [0.1, 0.15) is 19.4 Å². The Kier molecular flexibility index (Phi) is 7.29. The third kappa shape index (κ3) is 6.29. The van der Waals surface area contributed by atoms with Crippen molar-refractivity contribution in [1.82, 2.24) is 0 Å². The molecule has 0 saturated heterocycles. The summed E-state index contributed by atoms with van der Waals surface area (Å²) in [7, 11) is 0. The van der Waals surface area contributed by atoms with Gasteiger partial charge in [0.05, 0.1) is 6.61 Å². The summed E-state index contributed by atoms with van der Waals surface area (Å²) in [4.78, 5) is 11.1. The van der Waals surface area contributed by atoms with E-state index in [1.54, 1.807) is 0 Å². The number of rotatable bonds is 9. The third-order valence-corrected chi connectivity index (χ3v) is 3.66. The molecule has 2 rings (SSSR count). The molecule has 1 atom stereocenters. The van der Waals surface area contributed by atoms with Crippen molar-refractivity contribution in [2.75, 3.05) is 30.4 Å². The summed E-state index contributed by atoms with van der Waals surface area (Å²) in [6, 6.07) is 12.9. The minimum Gasteiger partial charge on any atom is -0.494 e. The molecule has 26 heavy (non-hydrogen) atoms. The zero-order valence-corrected chi connectivity index (χ0v) is 15.4. The Balaban J connectivity index is 1.78. The molecule has 6 heteroatoms. The van der Waals surface area contributed by atoms with Gasteiger partial charge in [0.15, 0.2) is 0 Å². The molecule has 0 saturated carbocycles. The van der Waals surface area contributed by atoms with Gasteiger partial charge in [-0.15, -0.1) is 0 Å². The lowest BCUT2D eigenvalue weighted by molar-refractivity contribution is -0.114. The van der Waals surface area contributed by atoms with Crippen molar-refractivity contribution in [1.29, 1.82) is 0 Å². The first-order valence-corrected chi connectivity index (χ1v) is 8.63. The van der Waals surface area contributed by atoms with Gasteiger partial charge in [-0.25, -0.2) is 0 Å². The fourth-order valence-corrected chi connectivity index (χ4v) is 2.39. The highest BCUT2D eigenvalue weighted by Crippen LogP contribution is 2.20. The van der Waals surface area contributed by atoms with E-state index in [1.807, 2.05) is 56.3 Å². The third-order valence-electron chi connectivity index (χ3n) is 3.66. The highest BCUT2D eigenvalue weighted by Gasteiger charge is 2.07. The Morgan fingerprint density at radius 1 is 1.12 bits per heavy atom. The first-order chi connectivity index (χ1) is 12.5. The Morgan fingerprint density at radius 2 is 1.77 bits per heavy atom. The van der Waals surface area contributed by atoms with Crippen LogP contribution in [0.25, 0.3) is 0 Å². The second-order valence-corrected chi connectivity index (χ2v) is 5.96. The number of carbonyl (C=O) groups excluding carboxylic acids is 1. The van der Waals surface area contributed by atoms with Crippen molar-refractivity contribution in [2.24, 2.45) is 0 Å². The lowest BCUT2D eigenvalue weighted by Gasteiger charge is -2.15. The van der Waals surface area contributed by atoms with Gasteiger partial charge in [0.2, 0.25) is 5.91 Å². The maximum atomic E-state index is 11.1. The van der Waals surface area contributed by atoms with Crippen LogP contribution in [-0.2, 0) is 4.79 Å². The molecule has 0 aliphatic heterocycles. The summed E-state index contributed by atoms with van der Waals surface area (Å²) >= 11 is 0. The van der Waals surface area contributed by atoms with Crippen LogP contribution in [0.15, 0.2) is 42.5 Å². The van der Waals surface area contributed by atoms with Crippen LogP contribution in [-0.4, -0.2) is 36.9 Å². The van der Waals surface area contributed by atoms with Gasteiger partial charge in [0.1, 0.15) is 24.2 Å². The number of aliphatic hydroxyl groups excluding tert-OH is 1. The van der Waals surface area contributed by atoms with Crippen LogP contribution < -0.4 is 20.1 Å². The average Bonchev–Trinajstić information content (AvgIpc) is 2.61. The largest absolute Gasteiger partial charge is 0.494 e. The maximum Gasteiger partial charge on any atom is 0.221 e. The Labute approximate surface area is 154 Å². The van der Waals surface area contributed by atoms with Crippen molar-refractivity contribution >= 4 is 17.3 Å². The molecule has 0 radical (unpaired) electrons. The molecule has 140 valence electrons. The van der Waals surface area contributed by atoms with Crippen molar-refractivity contribution in [3.05, 3.63) is 48.0 Å². The molecule has 0 aliphatic carbocycles. The Hall–Kier alpha value is -2.73. The van der Waals surface area contributed by atoms with Crippen molar-refractivity contribution in [3.8, 4) is 11.5 Å². The summed E-state index contributed by atoms with van der Waals surface area (Å²) < 4.78 is 11.0. The molecule has 0 heterocycles. The van der Waals surface area contributed by atoms with Gasteiger partial charge in [-0.2, -0.15) is 0 Å². The summed E-state index contributed by atoms with van der Waals surface area (Å²) in [5.41, 5.74) is 2.60. The highest BCUT2D eigenvalue weighted by molar-refractivity contribution is 5.89. The van der Waals surface area contributed by atoms with E-state index in [0.29, 0.717) is 18.9 Å². The van der Waals surface area contributed by atoms with Crippen LogP contribution in [0.2, 0.25) is 0 Å². The first kappa shape index (κ1) is 19.6. The van der Waals surface area contributed by atoms with E-state index < -0.39 is 6.10 Å². The number of hydrogen-bond donors (Lipinski definition) is 3. The molecule has 6 nitrogen and oxygen atoms in total. The Bertz CT molecular complexity index is 716. The molecule has 0 fully saturated rings. The number of amides is 1. The summed E-state index contributed by atoms with van der Waals surface area (Å²) in [6.07, 6.45) is -0.656. The van der Waals surface area contributed by atoms with Gasteiger partial charge in [0, 0.05) is 24.8 Å². The van der Waals surface area contributed by atoms with E-state index in [1.165, 1.54) is 6.92 Å². The molecular formula is C20H26N2O4. The predicted octanol–water partition coefficient (Wildman–Crippen LogP) is 3.20. The van der Waals surface area contributed by atoms with E-state index in [9.17, 15) is 9.90 Å². The smallest absolute Gasteiger partial charge is 0.221 e. The normalized spacial score (nSPS) is 11.5. The second kappa shape index (κ2) is 9.68. The summed E-state index contributed by atoms with van der Waals surface area (Å²) in [5, 5.41) is 16.0. The zero-order valence-electron chi connectivity index (χ0n) is 15.4. The van der Waals surface area contributed by atoms with Gasteiger partial charge in [0.25, 0.3) is 0 Å². The van der Waals surface area contributed by atoms with Crippen LogP contribution in [0.5, 0.6) is 11.5 Å². The molecule has 1 unspecified atom stereocenters. The van der Waals surface area contributed by atoms with Crippen LogP contribution in [0, 0.1) is 6.92 Å². The molecule has 2 aromatic rings. The van der Waals surface area contributed by atoms with Gasteiger partial charge < -0.3 is 25.2 Å². The quantitative estimate of drug-likeness (QED) is 0.641. The second-order valence-electron chi connectivity index (χ2n) is 5.96. The van der Waals surface area contributed by atoms with Crippen LogP contribution in [0.4, 0.5) is 11.4 Å². The van der Waals surface area contributed by atoms with Crippen LogP contribution >= 0.6 is 0 Å². The number of ether oxygens (including phenoxy) is 2. The number of benzene rings is 2. The fraction of sp³-hybridized carbons (Fsp3) is 0.350. The lowest BCUT2D eigenvalue weighted by atomic mass is 10.1. The van der Waals surface area contributed by atoms with E-state index in [2.05, 4.69) is 10.6 Å². The van der Waals surface area contributed by atoms with E-state index in [0.717, 1.165) is 22.7 Å². The van der Waals surface area contributed by atoms with Crippen molar-refractivity contribution in [3.63, 3.8) is 0 Å². The van der Waals surface area contributed by atoms with Gasteiger partial charge in [-0.1, -0.05) is 0 Å². The molecule has 0 bridgehead atoms. The van der Waals surface area contributed by atoms with E-state index in [-0.39, 0.29) is 12.5 Å². The SMILES string of the molecule is CCOc1ccc(OCC(O)CNc2ccc(NC(C)=O)c(C)c2)cc1. The summed E-state index contributed by atoms with van der Waals surface area (Å²) in [6.45, 7) is 6.49. The van der Waals surface area contributed by atoms with Gasteiger partial charge in [-0.3, -0.25) is 4.79 Å². The minimum absolute atomic E-state index is 0.101. The average molecular weight is 358 g/mol. The number of aliphatic hydroxyl groups is 1. The number of nitrogens with one attached hydrogen (secondary N) is 2. The minimum atomic E-state index is -0.656. The van der Waals surface area contributed by atoms with E-state index in [4.69, 9.17) is 9.47 Å². The Morgan fingerprint density at radius 3 is 2.35 bits per heavy atom. The predicted molar refractivity (Wildman–Crippen MR) is 103 cm³/mol. The molecule has 2 aromatic carbocycles. The molecule has 0 spiro atoms. The fourth-order valence-electron chi connectivity index (χ4n) is 2.39. The van der Waals surface area contributed by atoms with Gasteiger partial charge >= 0.3 is 0 Å². The van der Waals surface area contributed by atoms with E-state index >= 15 is 0 Å². The zero-order chi connectivity index (χ0) is 18.9. The molecule has 0 aliphatic rings. The monoisotopic (exact) mass is 358 g/mol. The number of hydrogen-bond acceptors (Lipinski definition) is 5. The highest BCUT2D eigenvalue weighted by atomic mass is 16.5. The van der Waals surface area contributed by atoms with Crippen molar-refractivity contribution < 1.29 is 19.4 Å². The maximum absolute atomic E-state index is 11.1. The standard InChI is InChI=1S/C20H26N2O4/c1-4-25-18-6-8-19(9-7-18)26-13-17(24)12-21-16-5-10-20(14(2)11-16)22-15(3)23/h5-11,17,21,24H,4,12-13H2,1-3H3,(H,22,23). The molecule has 1 amide bonds. The number of anilines is 2. The molecule has 0 aromatic heterocycles. The number of aryl methyl sites for hydroxylation is 1. The number of carbonyl (C=O) groups is 1. The topological polar surface area (TPSA) is 79.8 Å². The molecule has 3 N–H and O–H groups in total.